The third-order valence-electron chi connectivity index (χ3n) is 7.34. The highest BCUT2D eigenvalue weighted by atomic mass is 16.8. The number of primary amides is 1. The number of benzene rings is 2. The van der Waals surface area contributed by atoms with Crippen LogP contribution in [0.4, 0.5) is 0 Å². The molecule has 12 heteroatoms. The first kappa shape index (κ1) is 19.5. The molecule has 3 saturated heterocycles. The quantitative estimate of drug-likeness (QED) is 0.382. The van der Waals surface area contributed by atoms with Crippen molar-refractivity contribution in [1.82, 2.24) is 0 Å². The minimum atomic E-state index is -1.17. The van der Waals surface area contributed by atoms with Gasteiger partial charge in [0, 0.05) is 5.56 Å². The number of quaternary nitrogens is 1. The van der Waals surface area contributed by atoms with E-state index in [2.05, 4.69) is 10.1 Å². The average molecular weight is 477 g/mol. The molecule has 12 nitrogen and oxygen atoms in total. The molecule has 3 spiro atoms. The van der Waals surface area contributed by atoms with Crippen molar-refractivity contribution in [3.8, 4) is 11.5 Å². The van der Waals surface area contributed by atoms with Crippen LogP contribution in [0.1, 0.15) is 22.2 Å². The molecule has 35 heavy (non-hydrogen) atoms. The van der Waals surface area contributed by atoms with Gasteiger partial charge >= 0.3 is 17.9 Å². The molecule has 0 aromatic heterocycles. The molecule has 5 heterocycles. The summed E-state index contributed by atoms with van der Waals surface area (Å²) in [6, 6.07) is 14.2. The van der Waals surface area contributed by atoms with E-state index in [9.17, 15) is 9.59 Å². The van der Waals surface area contributed by atoms with Crippen molar-refractivity contribution in [2.45, 2.75) is 36.1 Å². The molecule has 0 radical (unpaired) electrons. The molecule has 2 unspecified atom stereocenters. The van der Waals surface area contributed by atoms with Crippen LogP contribution in [0, 0.1) is 0 Å². The second-order valence-corrected chi connectivity index (χ2v) is 9.04. The maximum atomic E-state index is 13.0. The normalized spacial score (nSPS) is 40.2. The fourth-order valence-electron chi connectivity index (χ4n) is 5.71. The number of fused-ring (bicyclic) bond motifs is 2. The third-order valence-corrected chi connectivity index (χ3v) is 7.34. The molecule has 8 rings (SSSR count). The van der Waals surface area contributed by atoms with E-state index >= 15 is 0 Å². The maximum absolute atomic E-state index is 13.0. The van der Waals surface area contributed by atoms with E-state index in [-0.39, 0.29) is 17.2 Å². The Balaban J connectivity index is 1.14. The van der Waals surface area contributed by atoms with Crippen LogP contribution in [0.5, 0.6) is 11.5 Å². The zero-order chi connectivity index (χ0) is 23.6. The average Bonchev–Trinajstić information content (AvgIpc) is 3.34. The Bertz CT molecular complexity index is 1400. The number of rotatable bonds is 4. The van der Waals surface area contributed by atoms with E-state index < -0.39 is 47.9 Å². The fraction of sp³-hybridized carbons (Fsp3) is 0.304. The lowest BCUT2D eigenvalue weighted by atomic mass is 10.2. The minimum absolute atomic E-state index is 0.0980. The van der Waals surface area contributed by atoms with Gasteiger partial charge in [0.1, 0.15) is 6.10 Å². The first-order valence-corrected chi connectivity index (χ1v) is 11.0. The van der Waals surface area contributed by atoms with E-state index in [0.29, 0.717) is 17.1 Å². The predicted molar refractivity (Wildman–Crippen MR) is 113 cm³/mol. The van der Waals surface area contributed by atoms with Crippen LogP contribution < -0.4 is 15.2 Å². The van der Waals surface area contributed by atoms with Gasteiger partial charge in [0.15, 0.2) is 23.9 Å². The Morgan fingerprint density at radius 1 is 1.09 bits per heavy atom. The second-order valence-electron chi connectivity index (χ2n) is 9.04. The Hall–Kier alpha value is -3.84. The van der Waals surface area contributed by atoms with Crippen molar-refractivity contribution in [2.24, 2.45) is 15.8 Å². The zero-order valence-electron chi connectivity index (χ0n) is 17.9. The van der Waals surface area contributed by atoms with Crippen LogP contribution in [0.25, 0.3) is 0 Å². The molecule has 2 aromatic carbocycles. The molecule has 1 amide bonds. The molecule has 2 N–H and O–H groups in total. The predicted octanol–water partition coefficient (Wildman–Crippen LogP) is 0.531. The number of carbonyl (C=O) groups excluding carboxylic acids is 2. The number of esters is 1. The highest BCUT2D eigenvalue weighted by Crippen LogP contribution is 2.79. The van der Waals surface area contributed by atoms with Crippen LogP contribution in [0.2, 0.25) is 0 Å². The van der Waals surface area contributed by atoms with E-state index in [4.69, 9.17) is 34.2 Å². The molecule has 0 bridgehead atoms. The lowest BCUT2D eigenvalue weighted by molar-refractivity contribution is -0.785. The van der Waals surface area contributed by atoms with Crippen LogP contribution >= 0.6 is 0 Å². The number of aliphatic imine (C=N–C) groups is 1. The first-order chi connectivity index (χ1) is 17.0. The van der Waals surface area contributed by atoms with E-state index in [1.54, 1.807) is 18.2 Å². The SMILES string of the molecule is NC(=O)C1=N[N+]2(C=N1)[C@@H]1O[C@@H]3[C@H](OC(=O)c4ccc5c(c4)OCO5)[C@@]34OC(c3ccccc3)O[C@@]142. The van der Waals surface area contributed by atoms with Gasteiger partial charge < -0.3 is 29.4 Å². The summed E-state index contributed by atoms with van der Waals surface area (Å²) in [6.45, 7) is 0.0980. The van der Waals surface area contributed by atoms with Crippen LogP contribution in [0.3, 0.4) is 0 Å². The minimum Gasteiger partial charge on any atom is -0.454 e. The maximum Gasteiger partial charge on any atom is 0.358 e. The van der Waals surface area contributed by atoms with Gasteiger partial charge in [-0.25, -0.2) is 4.79 Å². The van der Waals surface area contributed by atoms with Crippen LogP contribution in [0.15, 0.2) is 58.6 Å². The lowest BCUT2D eigenvalue weighted by Crippen LogP contribution is -2.43. The first-order valence-electron chi connectivity index (χ1n) is 11.0. The summed E-state index contributed by atoms with van der Waals surface area (Å²) in [4.78, 5) is 28.8. The Kier molecular flexibility index (Phi) is 3.36. The standard InChI is InChI=1S/C23H16N4O8/c24-17(28)18-25-9-27(26-18)21-23(27)22(34-20(35-23)11-4-2-1-3-5-11)15(16(22)33-21)32-19(29)12-6-7-13-14(8-12)31-10-30-13/h1-9,15-16,20-21H,10H2,(H-,24,28)/p+1/t15-,16+,20?,21+,22+,23-,27?/m0/s1. The summed E-state index contributed by atoms with van der Waals surface area (Å²) >= 11 is 0. The molecule has 4 fully saturated rings. The number of amidine groups is 1. The monoisotopic (exact) mass is 477 g/mol. The summed E-state index contributed by atoms with van der Waals surface area (Å²) in [7, 11) is 0. The molecule has 176 valence electrons. The number of amides is 1. The van der Waals surface area contributed by atoms with Crippen molar-refractivity contribution in [3.05, 3.63) is 59.7 Å². The number of nitrogens with two attached hydrogens (primary N) is 1. The lowest BCUT2D eigenvalue weighted by Gasteiger charge is -2.13. The van der Waals surface area contributed by atoms with Gasteiger partial charge in [0.2, 0.25) is 18.7 Å². The summed E-state index contributed by atoms with van der Waals surface area (Å²) in [5.41, 5.74) is 4.19. The molecule has 2 aromatic rings. The van der Waals surface area contributed by atoms with E-state index in [1.165, 1.54) is 6.34 Å². The Morgan fingerprint density at radius 3 is 2.71 bits per heavy atom. The summed E-state index contributed by atoms with van der Waals surface area (Å²) in [6.07, 6.45) is -1.22. The molecule has 5 aliphatic heterocycles. The van der Waals surface area contributed by atoms with Gasteiger partial charge in [-0.15, -0.1) is 0 Å². The van der Waals surface area contributed by atoms with Gasteiger partial charge in [0.05, 0.1) is 5.56 Å². The highest BCUT2D eigenvalue weighted by Gasteiger charge is 3.12. The third kappa shape index (κ3) is 2.12. The molecular formula is C23H17N4O8+. The number of hydrogen-bond acceptors (Lipinski definition) is 10. The van der Waals surface area contributed by atoms with Gasteiger partial charge in [-0.1, -0.05) is 34.9 Å². The van der Waals surface area contributed by atoms with E-state index in [0.717, 1.165) is 5.56 Å². The van der Waals surface area contributed by atoms with Crippen molar-refractivity contribution in [1.29, 1.82) is 0 Å². The van der Waals surface area contributed by atoms with Gasteiger partial charge in [0.25, 0.3) is 11.7 Å². The second kappa shape index (κ2) is 6.04. The molecule has 1 saturated carbocycles. The summed E-state index contributed by atoms with van der Waals surface area (Å²) < 4.78 is 35.4. The van der Waals surface area contributed by atoms with Crippen LogP contribution in [-0.2, 0) is 23.7 Å². The van der Waals surface area contributed by atoms with Crippen molar-refractivity contribution in [3.63, 3.8) is 0 Å². The van der Waals surface area contributed by atoms with Crippen molar-refractivity contribution < 1.29 is 42.6 Å². The number of ether oxygens (including phenoxy) is 6. The number of hydrogen-bond donors (Lipinski definition) is 1. The fourth-order valence-corrected chi connectivity index (χ4v) is 5.71. The highest BCUT2D eigenvalue weighted by molar-refractivity contribution is 6.39. The van der Waals surface area contributed by atoms with Crippen molar-refractivity contribution in [2.75, 3.05) is 6.79 Å². The van der Waals surface area contributed by atoms with E-state index in [1.807, 2.05) is 30.3 Å². The van der Waals surface area contributed by atoms with Gasteiger partial charge in [-0.2, -0.15) is 4.99 Å². The summed E-state index contributed by atoms with van der Waals surface area (Å²) in [5.74, 6) is -0.427. The number of nitrogens with zero attached hydrogens (tertiary/aromatic N) is 3. The van der Waals surface area contributed by atoms with Crippen LogP contribution in [-0.4, -0.2) is 65.2 Å². The van der Waals surface area contributed by atoms with Gasteiger partial charge in [-0.05, 0) is 23.3 Å². The molecule has 7 atom stereocenters. The Labute approximate surface area is 197 Å². The van der Waals surface area contributed by atoms with Gasteiger partial charge in [-0.3, -0.25) is 9.53 Å². The smallest absolute Gasteiger partial charge is 0.358 e. The molecule has 6 aliphatic rings. The molecular weight excluding hydrogens is 460 g/mol. The topological polar surface area (TPSA) is 140 Å². The zero-order valence-corrected chi connectivity index (χ0v) is 17.9. The molecule has 1 aliphatic carbocycles. The largest absolute Gasteiger partial charge is 0.454 e. The van der Waals surface area contributed by atoms with Crippen molar-refractivity contribution >= 4 is 24.1 Å². The summed E-state index contributed by atoms with van der Waals surface area (Å²) in [5, 5.41) is 4.42. The number of carbonyl (C=O) groups is 2. The Morgan fingerprint density at radius 2 is 1.91 bits per heavy atom.